The van der Waals surface area contributed by atoms with E-state index in [2.05, 4.69) is 36.5 Å². The molecular formula is C14H24N2S. The third-order valence-electron chi connectivity index (χ3n) is 4.15. The lowest BCUT2D eigenvalue weighted by atomic mass is 9.78. The van der Waals surface area contributed by atoms with E-state index in [4.69, 9.17) is 0 Å². The zero-order valence-corrected chi connectivity index (χ0v) is 12.0. The van der Waals surface area contributed by atoms with E-state index >= 15 is 0 Å². The van der Waals surface area contributed by atoms with Gasteiger partial charge in [0, 0.05) is 18.0 Å². The third kappa shape index (κ3) is 3.29. The highest BCUT2D eigenvalue weighted by Crippen LogP contribution is 2.29. The summed E-state index contributed by atoms with van der Waals surface area (Å²) in [6.07, 6.45) is 5.16. The largest absolute Gasteiger partial charge is 0.308 e. The summed E-state index contributed by atoms with van der Waals surface area (Å²) >= 11 is 1.79. The minimum Gasteiger partial charge on any atom is -0.308 e. The first-order valence-corrected chi connectivity index (χ1v) is 7.75. The summed E-state index contributed by atoms with van der Waals surface area (Å²) in [5.74, 6) is 1.66. The van der Waals surface area contributed by atoms with Crippen molar-refractivity contribution in [2.24, 2.45) is 11.8 Å². The van der Waals surface area contributed by atoms with Crippen LogP contribution in [-0.4, -0.2) is 11.0 Å². The average Bonchev–Trinajstić information content (AvgIpc) is 2.79. The maximum atomic E-state index is 4.61. The Hall–Kier alpha value is -0.410. The van der Waals surface area contributed by atoms with Crippen molar-refractivity contribution >= 4 is 11.3 Å². The molecule has 3 atom stereocenters. The van der Waals surface area contributed by atoms with Crippen LogP contribution < -0.4 is 5.32 Å². The Bertz CT molecular complexity index is 348. The molecule has 0 radical (unpaired) electrons. The van der Waals surface area contributed by atoms with Gasteiger partial charge in [0.1, 0.15) is 0 Å². The fraction of sp³-hybridized carbons (Fsp3) is 0.786. The molecule has 1 N–H and O–H groups in total. The highest BCUT2D eigenvalue weighted by molar-refractivity contribution is 7.09. The molecule has 0 saturated heterocycles. The minimum atomic E-state index is 0.686. The van der Waals surface area contributed by atoms with E-state index in [1.165, 1.54) is 30.0 Å². The van der Waals surface area contributed by atoms with Gasteiger partial charge in [0.25, 0.3) is 0 Å². The van der Waals surface area contributed by atoms with Crippen molar-refractivity contribution in [3.05, 3.63) is 16.1 Å². The van der Waals surface area contributed by atoms with Crippen molar-refractivity contribution in [3.8, 4) is 0 Å². The maximum Gasteiger partial charge on any atom is 0.0926 e. The fourth-order valence-electron chi connectivity index (χ4n) is 2.70. The molecule has 96 valence electrons. The first kappa shape index (κ1) is 13.0. The summed E-state index contributed by atoms with van der Waals surface area (Å²) in [7, 11) is 0. The maximum absolute atomic E-state index is 4.61. The Morgan fingerprint density at radius 3 is 2.94 bits per heavy atom. The Balaban J connectivity index is 1.84. The van der Waals surface area contributed by atoms with Crippen LogP contribution in [0.5, 0.6) is 0 Å². The Kier molecular flexibility index (Phi) is 4.57. The van der Waals surface area contributed by atoms with Gasteiger partial charge in [0.2, 0.25) is 0 Å². The summed E-state index contributed by atoms with van der Waals surface area (Å²) in [5.41, 5.74) is 1.22. The monoisotopic (exact) mass is 252 g/mol. The number of aromatic nitrogens is 1. The summed E-state index contributed by atoms with van der Waals surface area (Å²) in [6, 6.07) is 0.686. The van der Waals surface area contributed by atoms with Crippen LogP contribution in [0.15, 0.2) is 5.38 Å². The van der Waals surface area contributed by atoms with E-state index in [0.717, 1.165) is 24.8 Å². The first-order valence-electron chi connectivity index (χ1n) is 6.87. The lowest BCUT2D eigenvalue weighted by Gasteiger charge is -2.34. The molecule has 1 aliphatic rings. The van der Waals surface area contributed by atoms with Gasteiger partial charge in [-0.05, 0) is 24.7 Å². The van der Waals surface area contributed by atoms with Crippen molar-refractivity contribution in [2.45, 2.75) is 59.0 Å². The second kappa shape index (κ2) is 5.96. The molecule has 0 aromatic carbocycles. The van der Waals surface area contributed by atoms with E-state index in [-0.39, 0.29) is 0 Å². The predicted octanol–water partition coefficient (Wildman–Crippen LogP) is 3.62. The Morgan fingerprint density at radius 1 is 1.41 bits per heavy atom. The van der Waals surface area contributed by atoms with Gasteiger partial charge < -0.3 is 5.32 Å². The first-order chi connectivity index (χ1) is 8.20. The number of rotatable bonds is 4. The molecule has 1 aromatic rings. The van der Waals surface area contributed by atoms with E-state index in [0.29, 0.717) is 6.04 Å². The standard InChI is InChI=1S/C14H24N2S/c1-4-14-16-12(9-17-14)8-15-13-7-5-6-10(2)11(13)3/h9-11,13,15H,4-8H2,1-3H3. The van der Waals surface area contributed by atoms with Crippen molar-refractivity contribution in [1.82, 2.24) is 10.3 Å². The summed E-state index contributed by atoms with van der Waals surface area (Å²) in [5, 5.41) is 7.15. The Morgan fingerprint density at radius 2 is 2.24 bits per heavy atom. The summed E-state index contributed by atoms with van der Waals surface area (Å²) in [6.45, 7) is 7.88. The lowest BCUT2D eigenvalue weighted by Crippen LogP contribution is -2.40. The van der Waals surface area contributed by atoms with Crippen LogP contribution in [0, 0.1) is 11.8 Å². The van der Waals surface area contributed by atoms with Crippen LogP contribution in [-0.2, 0) is 13.0 Å². The van der Waals surface area contributed by atoms with Crippen LogP contribution in [0.2, 0.25) is 0 Å². The summed E-state index contributed by atoms with van der Waals surface area (Å²) < 4.78 is 0. The van der Waals surface area contributed by atoms with Crippen molar-refractivity contribution < 1.29 is 0 Å². The zero-order chi connectivity index (χ0) is 12.3. The molecule has 2 nitrogen and oxygen atoms in total. The van der Waals surface area contributed by atoms with Gasteiger partial charge in [-0.25, -0.2) is 4.98 Å². The number of hydrogen-bond acceptors (Lipinski definition) is 3. The lowest BCUT2D eigenvalue weighted by molar-refractivity contribution is 0.205. The average molecular weight is 252 g/mol. The van der Waals surface area contributed by atoms with E-state index in [9.17, 15) is 0 Å². The number of thiazole rings is 1. The zero-order valence-electron chi connectivity index (χ0n) is 11.2. The molecule has 1 saturated carbocycles. The molecule has 1 fully saturated rings. The van der Waals surface area contributed by atoms with Gasteiger partial charge in [0.15, 0.2) is 0 Å². The van der Waals surface area contributed by atoms with Gasteiger partial charge in [-0.2, -0.15) is 0 Å². The molecule has 0 aliphatic heterocycles. The molecule has 17 heavy (non-hydrogen) atoms. The molecule has 1 aliphatic carbocycles. The van der Waals surface area contributed by atoms with E-state index in [1.54, 1.807) is 11.3 Å². The van der Waals surface area contributed by atoms with Crippen molar-refractivity contribution in [3.63, 3.8) is 0 Å². The summed E-state index contributed by atoms with van der Waals surface area (Å²) in [4.78, 5) is 4.61. The molecule has 3 unspecified atom stereocenters. The highest BCUT2D eigenvalue weighted by Gasteiger charge is 2.26. The van der Waals surface area contributed by atoms with Crippen LogP contribution in [0.4, 0.5) is 0 Å². The smallest absolute Gasteiger partial charge is 0.0926 e. The topological polar surface area (TPSA) is 24.9 Å². The second-order valence-electron chi connectivity index (χ2n) is 5.34. The van der Waals surface area contributed by atoms with Crippen molar-refractivity contribution in [2.75, 3.05) is 0 Å². The minimum absolute atomic E-state index is 0.686. The van der Waals surface area contributed by atoms with E-state index < -0.39 is 0 Å². The van der Waals surface area contributed by atoms with Gasteiger partial charge in [0.05, 0.1) is 10.7 Å². The van der Waals surface area contributed by atoms with E-state index in [1.807, 2.05) is 0 Å². The van der Waals surface area contributed by atoms with Crippen LogP contribution in [0.1, 0.15) is 50.7 Å². The van der Waals surface area contributed by atoms with Crippen molar-refractivity contribution in [1.29, 1.82) is 0 Å². The molecule has 2 rings (SSSR count). The molecule has 3 heteroatoms. The Labute approximate surface area is 109 Å². The molecule has 1 aromatic heterocycles. The van der Waals surface area contributed by atoms with Gasteiger partial charge in [-0.3, -0.25) is 0 Å². The third-order valence-corrected chi connectivity index (χ3v) is 5.20. The molecule has 0 bridgehead atoms. The van der Waals surface area contributed by atoms with Gasteiger partial charge >= 0.3 is 0 Å². The number of hydrogen-bond donors (Lipinski definition) is 1. The number of nitrogens with one attached hydrogen (secondary N) is 1. The number of aryl methyl sites for hydroxylation is 1. The van der Waals surface area contributed by atoms with Gasteiger partial charge in [-0.1, -0.05) is 33.6 Å². The highest BCUT2D eigenvalue weighted by atomic mass is 32.1. The molecular weight excluding hydrogens is 228 g/mol. The quantitative estimate of drug-likeness (QED) is 0.885. The van der Waals surface area contributed by atoms with Crippen LogP contribution in [0.25, 0.3) is 0 Å². The molecule has 1 heterocycles. The van der Waals surface area contributed by atoms with Crippen LogP contribution >= 0.6 is 11.3 Å². The molecule has 0 spiro atoms. The SMILES string of the molecule is CCc1nc(CNC2CCCC(C)C2C)cs1. The fourth-order valence-corrected chi connectivity index (χ4v) is 3.44. The van der Waals surface area contributed by atoms with Gasteiger partial charge in [-0.15, -0.1) is 11.3 Å². The second-order valence-corrected chi connectivity index (χ2v) is 6.28. The van der Waals surface area contributed by atoms with Crippen LogP contribution in [0.3, 0.4) is 0 Å². The molecule has 0 amide bonds. The predicted molar refractivity (Wildman–Crippen MR) is 74.3 cm³/mol. The normalized spacial score (nSPS) is 29.5. The number of nitrogens with zero attached hydrogens (tertiary/aromatic N) is 1.